The molecule has 0 radical (unpaired) electrons. The fourth-order valence-corrected chi connectivity index (χ4v) is 3.67. The zero-order valence-electron chi connectivity index (χ0n) is 9.90. The highest BCUT2D eigenvalue weighted by molar-refractivity contribution is 7.70. The minimum atomic E-state index is -4.92. The van der Waals surface area contributed by atoms with E-state index in [0.717, 1.165) is 0 Å². The van der Waals surface area contributed by atoms with Gasteiger partial charge in [0, 0.05) is 11.8 Å². The second kappa shape index (κ2) is 5.31. The van der Waals surface area contributed by atoms with Crippen LogP contribution in [0.1, 0.15) is 33.6 Å². The van der Waals surface area contributed by atoms with Gasteiger partial charge in [0.15, 0.2) is 5.40 Å². The van der Waals surface area contributed by atoms with Crippen LogP contribution in [0.5, 0.6) is 0 Å². The molecule has 0 aliphatic heterocycles. The number of hydrogen-bond donors (Lipinski definition) is 4. The van der Waals surface area contributed by atoms with E-state index in [1.165, 1.54) is 0 Å². The van der Waals surface area contributed by atoms with E-state index in [4.69, 9.17) is 19.6 Å². The minimum Gasteiger partial charge on any atom is -0.324 e. The minimum absolute atomic E-state index is 0.273. The first-order valence-electron chi connectivity index (χ1n) is 4.90. The Morgan fingerprint density at radius 1 is 1.06 bits per heavy atom. The zero-order valence-corrected chi connectivity index (χ0v) is 11.7. The van der Waals surface area contributed by atoms with Crippen LogP contribution >= 0.6 is 15.2 Å². The van der Waals surface area contributed by atoms with Crippen LogP contribution in [-0.4, -0.2) is 30.8 Å². The van der Waals surface area contributed by atoms with E-state index < -0.39 is 32.4 Å². The molecule has 0 aliphatic rings. The van der Waals surface area contributed by atoms with Gasteiger partial charge in [0.25, 0.3) is 0 Å². The Morgan fingerprint density at radius 3 is 1.65 bits per heavy atom. The van der Waals surface area contributed by atoms with Crippen molar-refractivity contribution in [1.29, 1.82) is 0 Å². The summed E-state index contributed by atoms with van der Waals surface area (Å²) in [4.78, 5) is 46.9. The summed E-state index contributed by atoms with van der Waals surface area (Å²) < 4.78 is 21.9. The van der Waals surface area contributed by atoms with Crippen molar-refractivity contribution in [1.82, 2.24) is 0 Å². The summed E-state index contributed by atoms with van der Waals surface area (Å²) in [6, 6.07) is 0. The Hall–Kier alpha value is -0.0300. The average molecular weight is 288 g/mol. The van der Waals surface area contributed by atoms with Gasteiger partial charge in [-0.3, -0.25) is 13.9 Å². The van der Waals surface area contributed by atoms with Crippen LogP contribution in [0.2, 0.25) is 0 Å². The highest BCUT2D eigenvalue weighted by atomic mass is 31.2. The van der Waals surface area contributed by atoms with Gasteiger partial charge >= 0.3 is 15.2 Å². The summed E-state index contributed by atoms with van der Waals surface area (Å²) >= 11 is 0. The lowest BCUT2D eigenvalue weighted by Crippen LogP contribution is -2.22. The number of ketones is 1. The molecule has 0 aromatic rings. The molecule has 0 fully saturated rings. The molecule has 17 heavy (non-hydrogen) atoms. The third-order valence-corrected chi connectivity index (χ3v) is 6.12. The van der Waals surface area contributed by atoms with E-state index in [2.05, 4.69) is 0 Å². The number of carbonyl (C=O) groups is 1. The molecular formula is C8H18O7P2. The number of hydrogen-bond acceptors (Lipinski definition) is 3. The zero-order chi connectivity index (χ0) is 14.1. The molecule has 9 heteroatoms. The summed E-state index contributed by atoms with van der Waals surface area (Å²) in [6.07, 6.45) is -0.797. The van der Waals surface area contributed by atoms with E-state index in [1.54, 1.807) is 20.8 Å². The van der Waals surface area contributed by atoms with E-state index in [1.807, 2.05) is 0 Å². The predicted molar refractivity (Wildman–Crippen MR) is 61.6 cm³/mol. The summed E-state index contributed by atoms with van der Waals surface area (Å²) in [6.45, 7) is 4.87. The molecule has 4 N–H and O–H groups in total. The maximum absolute atomic E-state index is 11.5. The lowest BCUT2D eigenvalue weighted by atomic mass is 9.88. The van der Waals surface area contributed by atoms with Crippen molar-refractivity contribution in [3.8, 4) is 0 Å². The molecule has 0 aliphatic carbocycles. The van der Waals surface area contributed by atoms with Crippen molar-refractivity contribution < 1.29 is 33.5 Å². The van der Waals surface area contributed by atoms with Crippen LogP contribution in [0.15, 0.2) is 0 Å². The Morgan fingerprint density at radius 2 is 1.41 bits per heavy atom. The van der Waals surface area contributed by atoms with E-state index in [0.29, 0.717) is 0 Å². The van der Waals surface area contributed by atoms with Crippen molar-refractivity contribution in [2.75, 3.05) is 0 Å². The maximum Gasteiger partial charge on any atom is 0.340 e. The largest absolute Gasteiger partial charge is 0.340 e. The predicted octanol–water partition coefficient (Wildman–Crippen LogP) is 1.06. The molecule has 0 saturated carbocycles. The fourth-order valence-electron chi connectivity index (χ4n) is 1.17. The smallest absolute Gasteiger partial charge is 0.324 e. The molecule has 0 bridgehead atoms. The molecule has 0 rings (SSSR count). The van der Waals surface area contributed by atoms with Gasteiger partial charge in [0.2, 0.25) is 0 Å². The standard InChI is InChI=1S/C8H18O7P2/c1-8(2,3)6(9)4-5-7(16(10,11)12)17(13,14)15/h7H,4-5H2,1-3H3,(H2,10,11,12)(H2,13,14,15). The molecule has 0 heterocycles. The highest BCUT2D eigenvalue weighted by Crippen LogP contribution is 2.61. The van der Waals surface area contributed by atoms with Crippen LogP contribution in [0.4, 0.5) is 0 Å². The van der Waals surface area contributed by atoms with Crippen molar-refractivity contribution in [3.63, 3.8) is 0 Å². The quantitative estimate of drug-likeness (QED) is 0.556. The van der Waals surface area contributed by atoms with Crippen molar-refractivity contribution in [3.05, 3.63) is 0 Å². The normalized spacial score (nSPS) is 14.1. The first-order valence-corrected chi connectivity index (χ1v) is 8.26. The maximum atomic E-state index is 11.5. The third-order valence-electron chi connectivity index (χ3n) is 2.24. The van der Waals surface area contributed by atoms with Crippen LogP contribution in [0.3, 0.4) is 0 Å². The van der Waals surface area contributed by atoms with Crippen molar-refractivity contribution >= 4 is 21.0 Å². The van der Waals surface area contributed by atoms with Gasteiger partial charge in [0.1, 0.15) is 5.78 Å². The summed E-state index contributed by atoms with van der Waals surface area (Å²) in [5.74, 6) is -0.301. The van der Waals surface area contributed by atoms with Gasteiger partial charge in [-0.2, -0.15) is 0 Å². The lowest BCUT2D eigenvalue weighted by Gasteiger charge is -2.21. The number of rotatable bonds is 5. The average Bonchev–Trinajstić information content (AvgIpc) is 1.96. The first-order chi connectivity index (χ1) is 7.26. The Kier molecular flexibility index (Phi) is 5.30. The Balaban J connectivity index is 4.79. The van der Waals surface area contributed by atoms with Gasteiger partial charge in [-0.15, -0.1) is 0 Å². The third kappa shape index (κ3) is 5.91. The summed E-state index contributed by atoms with van der Waals surface area (Å²) in [5.41, 5.74) is -0.700. The summed E-state index contributed by atoms with van der Waals surface area (Å²) in [7, 11) is -9.84. The van der Waals surface area contributed by atoms with Gasteiger partial charge < -0.3 is 19.6 Å². The molecule has 0 atom stereocenters. The Labute approximate surface area is 99.6 Å². The van der Waals surface area contributed by atoms with Crippen LogP contribution < -0.4 is 0 Å². The number of carbonyl (C=O) groups excluding carboxylic acids is 1. The lowest BCUT2D eigenvalue weighted by molar-refractivity contribution is -0.126. The van der Waals surface area contributed by atoms with Crippen molar-refractivity contribution in [2.24, 2.45) is 5.41 Å². The Bertz CT molecular complexity index is 350. The fraction of sp³-hybridized carbons (Fsp3) is 0.875. The molecule has 0 saturated heterocycles. The molecule has 102 valence electrons. The van der Waals surface area contributed by atoms with Crippen LogP contribution in [-0.2, 0) is 13.9 Å². The molecule has 0 aromatic heterocycles. The molecule has 0 spiro atoms. The van der Waals surface area contributed by atoms with Gasteiger partial charge in [-0.1, -0.05) is 20.8 Å². The number of Topliss-reactive ketones (excluding diaryl/α,β-unsaturated/α-hetero) is 1. The SMILES string of the molecule is CC(C)(C)C(=O)CCC(P(=O)(O)O)P(=O)(O)O. The molecule has 7 nitrogen and oxygen atoms in total. The van der Waals surface area contributed by atoms with Crippen molar-refractivity contribution in [2.45, 2.75) is 39.0 Å². The van der Waals surface area contributed by atoms with Crippen LogP contribution in [0, 0.1) is 5.41 Å². The monoisotopic (exact) mass is 288 g/mol. The van der Waals surface area contributed by atoms with Gasteiger partial charge in [-0.05, 0) is 6.42 Å². The topological polar surface area (TPSA) is 132 Å². The van der Waals surface area contributed by atoms with E-state index in [9.17, 15) is 13.9 Å². The van der Waals surface area contributed by atoms with E-state index in [-0.39, 0.29) is 12.2 Å². The van der Waals surface area contributed by atoms with E-state index >= 15 is 0 Å². The second-order valence-corrected chi connectivity index (χ2v) is 8.88. The molecule has 0 amide bonds. The second-order valence-electron chi connectivity index (χ2n) is 4.87. The molecular weight excluding hydrogens is 270 g/mol. The van der Waals surface area contributed by atoms with Gasteiger partial charge in [-0.25, -0.2) is 0 Å². The molecule has 0 aromatic carbocycles. The summed E-state index contributed by atoms with van der Waals surface area (Å²) in [5, 5.41) is -2.10. The highest BCUT2D eigenvalue weighted by Gasteiger charge is 2.43. The van der Waals surface area contributed by atoms with Gasteiger partial charge in [0.05, 0.1) is 0 Å². The van der Waals surface area contributed by atoms with Crippen LogP contribution in [0.25, 0.3) is 0 Å². The molecule has 0 unspecified atom stereocenters. The first kappa shape index (κ1) is 17.0.